The van der Waals surface area contributed by atoms with Crippen LogP contribution in [-0.2, 0) is 14.4 Å². The summed E-state index contributed by atoms with van der Waals surface area (Å²) in [5, 5.41) is 3.63. The van der Waals surface area contributed by atoms with Crippen molar-refractivity contribution < 1.29 is 14.4 Å². The summed E-state index contributed by atoms with van der Waals surface area (Å²) in [6, 6.07) is 3.86. The Morgan fingerprint density at radius 2 is 2.00 bits per heavy atom. The van der Waals surface area contributed by atoms with E-state index in [0.29, 0.717) is 40.9 Å². The molecule has 156 valence electrons. The number of anilines is 1. The van der Waals surface area contributed by atoms with Gasteiger partial charge in [0.2, 0.25) is 17.7 Å². The van der Waals surface area contributed by atoms with Crippen molar-refractivity contribution in [2.24, 2.45) is 0 Å². The van der Waals surface area contributed by atoms with E-state index < -0.39 is 12.1 Å². The molecular weight excluding hydrogens is 433 g/mol. The first-order valence-electron chi connectivity index (χ1n) is 9.83. The lowest BCUT2D eigenvalue weighted by molar-refractivity contribution is -0.148. The predicted octanol–water partition coefficient (Wildman–Crippen LogP) is 3.77. The van der Waals surface area contributed by atoms with Crippen LogP contribution in [0.5, 0.6) is 0 Å². The molecule has 3 aliphatic rings. The number of benzene rings is 1. The highest BCUT2D eigenvalue weighted by atomic mass is 35.5. The molecule has 3 saturated heterocycles. The van der Waals surface area contributed by atoms with Gasteiger partial charge in [-0.3, -0.25) is 14.4 Å². The molecule has 0 aliphatic carbocycles. The lowest BCUT2D eigenvalue weighted by Gasteiger charge is -2.38. The molecule has 3 atom stereocenters. The van der Waals surface area contributed by atoms with Crippen LogP contribution in [0.3, 0.4) is 0 Å². The first-order chi connectivity index (χ1) is 13.8. The number of rotatable bonds is 3. The average molecular weight is 456 g/mol. The third-order valence-corrected chi connectivity index (χ3v) is 8.25. The van der Waals surface area contributed by atoms with Crippen LogP contribution in [0.15, 0.2) is 18.2 Å². The van der Waals surface area contributed by atoms with Crippen LogP contribution in [0.1, 0.15) is 39.0 Å². The van der Waals surface area contributed by atoms with Crippen molar-refractivity contribution >= 4 is 58.4 Å². The molecular formula is C20H23Cl2N3O3S. The molecule has 1 N–H and O–H groups in total. The fraction of sp³-hybridized carbons (Fsp3) is 0.550. The van der Waals surface area contributed by atoms with E-state index in [1.54, 1.807) is 39.8 Å². The van der Waals surface area contributed by atoms with Crippen LogP contribution in [0.4, 0.5) is 5.69 Å². The van der Waals surface area contributed by atoms with Gasteiger partial charge in [0.1, 0.15) is 12.1 Å². The number of amides is 3. The van der Waals surface area contributed by atoms with E-state index in [-0.39, 0.29) is 22.6 Å². The van der Waals surface area contributed by atoms with E-state index >= 15 is 0 Å². The molecule has 1 aromatic carbocycles. The van der Waals surface area contributed by atoms with Gasteiger partial charge in [0, 0.05) is 24.4 Å². The van der Waals surface area contributed by atoms with Crippen molar-refractivity contribution in [1.29, 1.82) is 0 Å². The quantitative estimate of drug-likeness (QED) is 0.752. The Morgan fingerprint density at radius 3 is 2.76 bits per heavy atom. The SMILES string of the molecule is CC12CCC(=O)N1C(C(=O)N1CCCCC1C(=O)Nc1ccc(Cl)c(Cl)c1)CS2. The molecule has 3 amide bonds. The number of fused-ring (bicyclic) bond motifs is 1. The largest absolute Gasteiger partial charge is 0.329 e. The minimum Gasteiger partial charge on any atom is -0.329 e. The fourth-order valence-electron chi connectivity index (χ4n) is 4.46. The molecule has 1 aromatic rings. The third-order valence-electron chi connectivity index (χ3n) is 6.01. The smallest absolute Gasteiger partial charge is 0.247 e. The van der Waals surface area contributed by atoms with Crippen LogP contribution in [0, 0.1) is 0 Å². The standard InChI is InChI=1S/C20H23Cl2N3O3S/c1-20-8-7-17(26)25(20)16(11-29-20)19(28)24-9-3-2-4-15(24)18(27)23-12-5-6-13(21)14(22)10-12/h5-6,10,15-16H,2-4,7-9,11H2,1H3,(H,23,27). The average Bonchev–Trinajstić information content (AvgIpc) is 3.20. The molecule has 3 aliphatic heterocycles. The second-order valence-corrected chi connectivity index (χ2v) is 10.2. The molecule has 9 heteroatoms. The molecule has 3 unspecified atom stereocenters. The maximum atomic E-state index is 13.4. The van der Waals surface area contributed by atoms with Gasteiger partial charge in [0.15, 0.2) is 0 Å². The number of halogens is 2. The van der Waals surface area contributed by atoms with Crippen molar-refractivity contribution in [3.63, 3.8) is 0 Å². The molecule has 29 heavy (non-hydrogen) atoms. The Hall–Kier alpha value is -1.44. The zero-order chi connectivity index (χ0) is 20.8. The molecule has 3 heterocycles. The van der Waals surface area contributed by atoms with E-state index in [2.05, 4.69) is 5.32 Å². The second-order valence-electron chi connectivity index (χ2n) is 7.93. The molecule has 0 saturated carbocycles. The summed E-state index contributed by atoms with van der Waals surface area (Å²) < 4.78 is 0. The van der Waals surface area contributed by atoms with E-state index in [1.807, 2.05) is 6.92 Å². The van der Waals surface area contributed by atoms with Gasteiger partial charge < -0.3 is 15.1 Å². The third kappa shape index (κ3) is 3.84. The number of likely N-dealkylation sites (tertiary alicyclic amines) is 1. The molecule has 6 nitrogen and oxygen atoms in total. The summed E-state index contributed by atoms with van der Waals surface area (Å²) in [7, 11) is 0. The number of nitrogens with one attached hydrogen (secondary N) is 1. The summed E-state index contributed by atoms with van der Waals surface area (Å²) in [6.45, 7) is 2.55. The van der Waals surface area contributed by atoms with Crippen LogP contribution in [0.2, 0.25) is 10.0 Å². The highest BCUT2D eigenvalue weighted by Gasteiger charge is 2.54. The number of carbonyl (C=O) groups is 3. The van der Waals surface area contributed by atoms with Crippen molar-refractivity contribution in [3.05, 3.63) is 28.2 Å². The molecule has 3 fully saturated rings. The lowest BCUT2D eigenvalue weighted by Crippen LogP contribution is -2.57. The summed E-state index contributed by atoms with van der Waals surface area (Å²) in [6.07, 6.45) is 3.58. The summed E-state index contributed by atoms with van der Waals surface area (Å²) in [5.74, 6) is 0.256. The number of thioether (sulfide) groups is 1. The van der Waals surface area contributed by atoms with Crippen LogP contribution in [0.25, 0.3) is 0 Å². The van der Waals surface area contributed by atoms with Gasteiger partial charge in [-0.2, -0.15) is 0 Å². The highest BCUT2D eigenvalue weighted by molar-refractivity contribution is 8.01. The van der Waals surface area contributed by atoms with Crippen LogP contribution >= 0.6 is 35.0 Å². The molecule has 4 rings (SSSR count). The maximum absolute atomic E-state index is 13.4. The molecule has 0 radical (unpaired) electrons. The first-order valence-corrected chi connectivity index (χ1v) is 11.6. The highest BCUT2D eigenvalue weighted by Crippen LogP contribution is 2.47. The first kappa shape index (κ1) is 20.8. The van der Waals surface area contributed by atoms with Gasteiger partial charge in [-0.15, -0.1) is 11.8 Å². The van der Waals surface area contributed by atoms with Crippen LogP contribution < -0.4 is 5.32 Å². The van der Waals surface area contributed by atoms with Gasteiger partial charge in [0.05, 0.1) is 14.9 Å². The normalized spacial score (nSPS) is 29.1. The minimum absolute atomic E-state index is 0.0321. The Kier molecular flexibility index (Phi) is 5.75. The maximum Gasteiger partial charge on any atom is 0.247 e. The van der Waals surface area contributed by atoms with Gasteiger partial charge in [-0.1, -0.05) is 23.2 Å². The van der Waals surface area contributed by atoms with Gasteiger partial charge in [-0.25, -0.2) is 0 Å². The number of hydrogen-bond donors (Lipinski definition) is 1. The fourth-order valence-corrected chi connectivity index (χ4v) is 6.18. The van der Waals surface area contributed by atoms with E-state index in [9.17, 15) is 14.4 Å². The van der Waals surface area contributed by atoms with Crippen LogP contribution in [-0.4, -0.2) is 56.8 Å². The molecule has 0 bridgehead atoms. The summed E-state index contributed by atoms with van der Waals surface area (Å²) >= 11 is 13.6. The Bertz CT molecular complexity index is 867. The zero-order valence-corrected chi connectivity index (χ0v) is 18.4. The molecule has 0 aromatic heterocycles. The summed E-state index contributed by atoms with van der Waals surface area (Å²) in [5.41, 5.74) is 0.543. The minimum atomic E-state index is -0.555. The predicted molar refractivity (Wildman–Crippen MR) is 115 cm³/mol. The van der Waals surface area contributed by atoms with Gasteiger partial charge >= 0.3 is 0 Å². The van der Waals surface area contributed by atoms with Crippen molar-refractivity contribution in [2.75, 3.05) is 17.6 Å². The number of nitrogens with zero attached hydrogens (tertiary/aromatic N) is 2. The van der Waals surface area contributed by atoms with E-state index in [4.69, 9.17) is 23.2 Å². The lowest BCUT2D eigenvalue weighted by atomic mass is 9.99. The monoisotopic (exact) mass is 455 g/mol. The van der Waals surface area contributed by atoms with Gasteiger partial charge in [0.25, 0.3) is 0 Å². The van der Waals surface area contributed by atoms with Crippen molar-refractivity contribution in [3.8, 4) is 0 Å². The number of piperidine rings is 1. The summed E-state index contributed by atoms with van der Waals surface area (Å²) in [4.78, 5) is 41.9. The van der Waals surface area contributed by atoms with E-state index in [0.717, 1.165) is 19.3 Å². The van der Waals surface area contributed by atoms with E-state index in [1.165, 1.54) is 0 Å². The van der Waals surface area contributed by atoms with Crippen molar-refractivity contribution in [2.45, 2.75) is 56.0 Å². The van der Waals surface area contributed by atoms with Gasteiger partial charge in [-0.05, 0) is 50.8 Å². The Labute approximate surface area is 184 Å². The zero-order valence-electron chi connectivity index (χ0n) is 16.1. The number of hydrogen-bond acceptors (Lipinski definition) is 4. The Morgan fingerprint density at radius 1 is 1.21 bits per heavy atom. The topological polar surface area (TPSA) is 69.7 Å². The number of carbonyl (C=O) groups excluding carboxylic acids is 3. The van der Waals surface area contributed by atoms with Crippen molar-refractivity contribution in [1.82, 2.24) is 9.80 Å². The second kappa shape index (κ2) is 8.00. The molecule has 0 spiro atoms. The Balaban J connectivity index is 1.51.